The lowest BCUT2D eigenvalue weighted by Gasteiger charge is -2.35. The molecule has 138 valence electrons. The van der Waals surface area contributed by atoms with Crippen LogP contribution in [0, 0.1) is 11.8 Å². The first kappa shape index (κ1) is 17.0. The van der Waals surface area contributed by atoms with Gasteiger partial charge in [0, 0.05) is 18.2 Å². The number of methoxy groups -OCH3 is 1. The molecule has 7 heteroatoms. The van der Waals surface area contributed by atoms with E-state index >= 15 is 0 Å². The molecule has 0 spiro atoms. The Hall–Kier alpha value is -2.44. The predicted octanol–water partition coefficient (Wildman–Crippen LogP) is 2.93. The summed E-state index contributed by atoms with van der Waals surface area (Å²) in [6.07, 6.45) is 5.11. The number of anilines is 2. The minimum absolute atomic E-state index is 0.227. The van der Waals surface area contributed by atoms with Crippen molar-refractivity contribution >= 4 is 11.9 Å². The van der Waals surface area contributed by atoms with Crippen LogP contribution >= 0.6 is 0 Å². The van der Waals surface area contributed by atoms with Crippen molar-refractivity contribution in [2.24, 2.45) is 11.8 Å². The van der Waals surface area contributed by atoms with Crippen molar-refractivity contribution in [1.29, 1.82) is 0 Å². The summed E-state index contributed by atoms with van der Waals surface area (Å²) in [5.74, 6) is 3.33. The van der Waals surface area contributed by atoms with Crippen molar-refractivity contribution < 1.29 is 4.74 Å². The van der Waals surface area contributed by atoms with E-state index in [9.17, 15) is 0 Å². The molecule has 0 bridgehead atoms. The van der Waals surface area contributed by atoms with Crippen molar-refractivity contribution in [3.05, 3.63) is 18.2 Å². The Labute approximate surface area is 154 Å². The van der Waals surface area contributed by atoms with E-state index in [2.05, 4.69) is 33.7 Å². The van der Waals surface area contributed by atoms with Gasteiger partial charge in [0.1, 0.15) is 5.69 Å². The van der Waals surface area contributed by atoms with Gasteiger partial charge in [-0.3, -0.25) is 0 Å². The molecule has 2 saturated carbocycles. The van der Waals surface area contributed by atoms with Gasteiger partial charge in [-0.1, -0.05) is 6.07 Å². The van der Waals surface area contributed by atoms with Crippen LogP contribution in [-0.4, -0.2) is 39.1 Å². The molecule has 0 aliphatic heterocycles. The van der Waals surface area contributed by atoms with Crippen LogP contribution in [0.5, 0.6) is 5.88 Å². The zero-order chi connectivity index (χ0) is 18.3. The van der Waals surface area contributed by atoms with Gasteiger partial charge in [-0.25, -0.2) is 4.98 Å². The molecule has 26 heavy (non-hydrogen) atoms. The minimum atomic E-state index is 0.227. The second-order valence-electron chi connectivity index (χ2n) is 7.45. The van der Waals surface area contributed by atoms with Crippen LogP contribution in [0.25, 0.3) is 11.5 Å². The van der Waals surface area contributed by atoms with Crippen LogP contribution in [0.2, 0.25) is 0 Å². The summed E-state index contributed by atoms with van der Waals surface area (Å²) in [4.78, 5) is 20.3. The third-order valence-corrected chi connectivity index (χ3v) is 5.52. The molecule has 2 atom stereocenters. The predicted molar refractivity (Wildman–Crippen MR) is 101 cm³/mol. The van der Waals surface area contributed by atoms with Gasteiger partial charge in [0.15, 0.2) is 5.82 Å². The molecule has 0 saturated heterocycles. The summed E-state index contributed by atoms with van der Waals surface area (Å²) in [7, 11) is 1.59. The highest BCUT2D eigenvalue weighted by atomic mass is 16.5. The number of nitrogens with two attached hydrogens (primary N) is 1. The average Bonchev–Trinajstić information content (AvgIpc) is 3.53. The van der Waals surface area contributed by atoms with Crippen molar-refractivity contribution in [2.45, 2.75) is 51.6 Å². The average molecular weight is 354 g/mol. The van der Waals surface area contributed by atoms with Gasteiger partial charge in [-0.2, -0.15) is 15.0 Å². The largest absolute Gasteiger partial charge is 0.481 e. The molecular formula is C19H26N6O. The number of ether oxygens (including phenoxy) is 1. The van der Waals surface area contributed by atoms with E-state index in [1.54, 1.807) is 13.2 Å². The minimum Gasteiger partial charge on any atom is -0.481 e. The van der Waals surface area contributed by atoms with Crippen LogP contribution in [0.3, 0.4) is 0 Å². The first-order chi connectivity index (χ1) is 12.6. The normalized spacial score (nSPS) is 19.0. The molecule has 2 aromatic rings. The summed E-state index contributed by atoms with van der Waals surface area (Å²) in [6.45, 7) is 4.56. The second-order valence-corrected chi connectivity index (χ2v) is 7.45. The Kier molecular flexibility index (Phi) is 4.38. The van der Waals surface area contributed by atoms with Gasteiger partial charge in [-0.15, -0.1) is 0 Å². The Morgan fingerprint density at radius 3 is 2.23 bits per heavy atom. The molecule has 2 heterocycles. The van der Waals surface area contributed by atoms with Crippen molar-refractivity contribution in [2.75, 3.05) is 17.7 Å². The third kappa shape index (κ3) is 3.43. The Bertz CT molecular complexity index is 771. The smallest absolute Gasteiger partial charge is 0.231 e. The first-order valence-corrected chi connectivity index (χ1v) is 9.38. The molecule has 0 radical (unpaired) electrons. The van der Waals surface area contributed by atoms with E-state index in [1.807, 2.05) is 12.1 Å². The van der Waals surface area contributed by atoms with E-state index in [0.717, 1.165) is 0 Å². The molecule has 2 aliphatic carbocycles. The Morgan fingerprint density at radius 2 is 1.65 bits per heavy atom. The molecule has 0 amide bonds. The van der Waals surface area contributed by atoms with E-state index in [4.69, 9.17) is 15.5 Å². The van der Waals surface area contributed by atoms with Crippen LogP contribution in [0.1, 0.15) is 39.5 Å². The highest BCUT2D eigenvalue weighted by Crippen LogP contribution is 2.42. The number of hydrogen-bond donors (Lipinski definition) is 1. The summed E-state index contributed by atoms with van der Waals surface area (Å²) >= 11 is 0. The topological polar surface area (TPSA) is 90.0 Å². The number of nitrogen functional groups attached to an aromatic ring is 1. The highest BCUT2D eigenvalue weighted by molar-refractivity contribution is 5.54. The van der Waals surface area contributed by atoms with Crippen molar-refractivity contribution in [3.63, 3.8) is 0 Å². The summed E-state index contributed by atoms with van der Waals surface area (Å²) < 4.78 is 5.22. The first-order valence-electron chi connectivity index (χ1n) is 9.38. The number of rotatable bonds is 7. The van der Waals surface area contributed by atoms with Crippen LogP contribution < -0.4 is 15.4 Å². The number of aromatic nitrogens is 4. The molecule has 4 rings (SSSR count). The number of nitrogens with zero attached hydrogens (tertiary/aromatic N) is 5. The lowest BCUT2D eigenvalue weighted by molar-refractivity contribution is 0.398. The highest BCUT2D eigenvalue weighted by Gasteiger charge is 2.40. The number of hydrogen-bond acceptors (Lipinski definition) is 7. The summed E-state index contributed by atoms with van der Waals surface area (Å²) in [6, 6.07) is 6.33. The number of pyridine rings is 1. The fourth-order valence-corrected chi connectivity index (χ4v) is 3.61. The fraction of sp³-hybridized carbons (Fsp3) is 0.579. The fourth-order valence-electron chi connectivity index (χ4n) is 3.61. The van der Waals surface area contributed by atoms with Gasteiger partial charge in [0.2, 0.25) is 17.8 Å². The third-order valence-electron chi connectivity index (χ3n) is 5.52. The van der Waals surface area contributed by atoms with Gasteiger partial charge >= 0.3 is 0 Å². The molecule has 0 unspecified atom stereocenters. The van der Waals surface area contributed by atoms with E-state index in [1.165, 1.54) is 25.7 Å². The maximum atomic E-state index is 6.04. The van der Waals surface area contributed by atoms with Gasteiger partial charge < -0.3 is 15.4 Å². The maximum absolute atomic E-state index is 6.04. The lowest BCUT2D eigenvalue weighted by atomic mass is 10.1. The zero-order valence-electron chi connectivity index (χ0n) is 15.6. The van der Waals surface area contributed by atoms with Gasteiger partial charge in [0.05, 0.1) is 7.11 Å². The summed E-state index contributed by atoms with van der Waals surface area (Å²) in [5.41, 5.74) is 6.68. The van der Waals surface area contributed by atoms with Gasteiger partial charge in [0.25, 0.3) is 0 Å². The van der Waals surface area contributed by atoms with Crippen LogP contribution in [-0.2, 0) is 0 Å². The molecule has 2 fully saturated rings. The maximum Gasteiger partial charge on any atom is 0.231 e. The van der Waals surface area contributed by atoms with Crippen LogP contribution in [0.15, 0.2) is 18.2 Å². The van der Waals surface area contributed by atoms with Gasteiger partial charge in [-0.05, 0) is 57.4 Å². The molecule has 2 N–H and O–H groups in total. The Morgan fingerprint density at radius 1 is 1.00 bits per heavy atom. The zero-order valence-corrected chi connectivity index (χ0v) is 15.6. The Balaban J connectivity index is 1.72. The quantitative estimate of drug-likeness (QED) is 0.817. The molecule has 7 nitrogen and oxygen atoms in total. The van der Waals surface area contributed by atoms with Crippen molar-refractivity contribution in [3.8, 4) is 17.4 Å². The second kappa shape index (κ2) is 6.70. The summed E-state index contributed by atoms with van der Waals surface area (Å²) in [5, 5.41) is 0. The van der Waals surface area contributed by atoms with E-state index in [0.29, 0.717) is 47.3 Å². The van der Waals surface area contributed by atoms with E-state index in [-0.39, 0.29) is 5.95 Å². The van der Waals surface area contributed by atoms with Crippen molar-refractivity contribution in [1.82, 2.24) is 19.9 Å². The molecule has 0 aromatic carbocycles. The molecule has 2 aliphatic rings. The standard InChI is InChI=1S/C19H26N6O/c1-11(13-7-8-13)25(12(2)14-9-10-14)19-23-17(22-18(20)24-19)15-5-4-6-16(21-15)26-3/h4-6,11-14H,7-10H2,1-3H3,(H2,20,22,23,24)/t11-,12-/m1/s1. The van der Waals surface area contributed by atoms with E-state index < -0.39 is 0 Å². The monoisotopic (exact) mass is 354 g/mol. The molecular weight excluding hydrogens is 328 g/mol. The molecule has 2 aromatic heterocycles. The SMILES string of the molecule is COc1cccc(-c2nc(N)nc(N([C@H](C)C3CC3)[C@H](C)C3CC3)n2)n1. The van der Waals surface area contributed by atoms with Crippen LogP contribution in [0.4, 0.5) is 11.9 Å². The lowest BCUT2D eigenvalue weighted by Crippen LogP contribution is -2.44.